The molecule has 1 aliphatic carbocycles. The Balaban J connectivity index is 1.32. The second-order valence-corrected chi connectivity index (χ2v) is 10.2. The van der Waals surface area contributed by atoms with Gasteiger partial charge in [-0.05, 0) is 50.9 Å². The van der Waals surface area contributed by atoms with Crippen molar-refractivity contribution in [3.63, 3.8) is 0 Å². The van der Waals surface area contributed by atoms with Crippen molar-refractivity contribution in [2.45, 2.75) is 39.0 Å². The van der Waals surface area contributed by atoms with E-state index in [2.05, 4.69) is 9.88 Å². The third kappa shape index (κ3) is 2.65. The molecule has 142 valence electrons. The van der Waals surface area contributed by atoms with Gasteiger partial charge < -0.3 is 4.90 Å². The molecular formula is C18H27N5O2S. The average Bonchev–Trinajstić information content (AvgIpc) is 3.35. The maximum Gasteiger partial charge on any atom is 0.281 e. The van der Waals surface area contributed by atoms with Crippen LogP contribution in [0.2, 0.25) is 0 Å². The van der Waals surface area contributed by atoms with Crippen molar-refractivity contribution in [3.8, 4) is 0 Å². The largest absolute Gasteiger partial charge is 0.356 e. The molecule has 0 bridgehead atoms. The third-order valence-corrected chi connectivity index (χ3v) is 8.46. The highest BCUT2D eigenvalue weighted by atomic mass is 32.2. The zero-order chi connectivity index (χ0) is 17.9. The predicted octanol–water partition coefficient (Wildman–Crippen LogP) is 0.982. The summed E-state index contributed by atoms with van der Waals surface area (Å²) in [6.07, 6.45) is 5.29. The Morgan fingerprint density at radius 3 is 2.27 bits per heavy atom. The molecule has 8 heteroatoms. The van der Waals surface area contributed by atoms with Crippen LogP contribution >= 0.6 is 0 Å². The first-order chi connectivity index (χ1) is 12.5. The normalized spacial score (nSPS) is 29.5. The number of hydrogen-bond acceptors (Lipinski definition) is 5. The molecule has 2 unspecified atom stereocenters. The fraction of sp³-hybridized carbons (Fsp3) is 0.778. The summed E-state index contributed by atoms with van der Waals surface area (Å²) >= 11 is 0. The van der Waals surface area contributed by atoms with E-state index >= 15 is 0 Å². The van der Waals surface area contributed by atoms with E-state index in [4.69, 9.17) is 4.98 Å². The van der Waals surface area contributed by atoms with Crippen LogP contribution in [0.1, 0.15) is 36.3 Å². The Morgan fingerprint density at radius 2 is 1.58 bits per heavy atom. The van der Waals surface area contributed by atoms with E-state index in [1.54, 1.807) is 8.61 Å². The summed E-state index contributed by atoms with van der Waals surface area (Å²) in [6.45, 7) is 6.50. The van der Waals surface area contributed by atoms with Crippen LogP contribution in [0.15, 0.2) is 0 Å². The minimum atomic E-state index is -3.26. The standard InChI is InChI=1S/C18H27N5O2S/c1-13-19-17-6-4-5-16(17)18(20-13)21-9-14-11-23(12-15(14)10-21)26(24,25)22-7-2-3-8-22/h14-15H,2-12H2,1H3. The number of hydrogen-bond donors (Lipinski definition) is 0. The third-order valence-electron chi connectivity index (χ3n) is 6.49. The van der Waals surface area contributed by atoms with E-state index in [0.717, 1.165) is 50.4 Å². The fourth-order valence-corrected chi connectivity index (χ4v) is 6.99. The molecule has 7 nitrogen and oxygen atoms in total. The van der Waals surface area contributed by atoms with Gasteiger partial charge in [0.05, 0.1) is 0 Å². The fourth-order valence-electron chi connectivity index (χ4n) is 5.19. The number of aromatic nitrogens is 2. The van der Waals surface area contributed by atoms with Crippen molar-refractivity contribution in [2.75, 3.05) is 44.2 Å². The molecule has 3 aliphatic heterocycles. The number of rotatable bonds is 3. The van der Waals surface area contributed by atoms with Crippen LogP contribution in [0.4, 0.5) is 5.82 Å². The number of aryl methyl sites for hydroxylation is 2. The Morgan fingerprint density at radius 1 is 0.885 bits per heavy atom. The first kappa shape index (κ1) is 16.9. The molecule has 0 N–H and O–H groups in total. The SMILES string of the molecule is Cc1nc2c(c(N3CC4CN(S(=O)(=O)N5CCCC5)CC4C3)n1)CCC2. The average molecular weight is 378 g/mol. The molecule has 4 aliphatic rings. The summed E-state index contributed by atoms with van der Waals surface area (Å²) < 4.78 is 29.1. The van der Waals surface area contributed by atoms with Gasteiger partial charge in [0, 0.05) is 50.5 Å². The molecule has 0 amide bonds. The lowest BCUT2D eigenvalue weighted by atomic mass is 10.0. The van der Waals surface area contributed by atoms with E-state index in [0.29, 0.717) is 38.0 Å². The summed E-state index contributed by atoms with van der Waals surface area (Å²) in [5, 5.41) is 0. The van der Waals surface area contributed by atoms with Gasteiger partial charge in [-0.1, -0.05) is 0 Å². The Bertz CT molecular complexity index is 807. The van der Waals surface area contributed by atoms with E-state index in [9.17, 15) is 8.42 Å². The van der Waals surface area contributed by atoms with Gasteiger partial charge in [-0.15, -0.1) is 0 Å². The zero-order valence-electron chi connectivity index (χ0n) is 15.4. The highest BCUT2D eigenvalue weighted by Gasteiger charge is 2.46. The molecule has 3 saturated heterocycles. The molecule has 5 rings (SSSR count). The van der Waals surface area contributed by atoms with Crippen molar-refractivity contribution in [3.05, 3.63) is 17.1 Å². The lowest BCUT2D eigenvalue weighted by Crippen LogP contribution is -2.42. The highest BCUT2D eigenvalue weighted by Crippen LogP contribution is 2.38. The Kier molecular flexibility index (Phi) is 3.99. The molecule has 0 spiro atoms. The lowest BCUT2D eigenvalue weighted by molar-refractivity contribution is 0.385. The van der Waals surface area contributed by atoms with Gasteiger partial charge in [0.25, 0.3) is 10.2 Å². The van der Waals surface area contributed by atoms with E-state index in [1.807, 2.05) is 6.92 Å². The van der Waals surface area contributed by atoms with Crippen LogP contribution < -0.4 is 4.90 Å². The van der Waals surface area contributed by atoms with Gasteiger partial charge in [-0.25, -0.2) is 9.97 Å². The number of anilines is 1. The quantitative estimate of drug-likeness (QED) is 0.785. The topological polar surface area (TPSA) is 69.6 Å². The number of fused-ring (bicyclic) bond motifs is 2. The first-order valence-corrected chi connectivity index (χ1v) is 11.3. The maximum atomic E-state index is 12.8. The van der Waals surface area contributed by atoms with Gasteiger partial charge in [0.2, 0.25) is 0 Å². The van der Waals surface area contributed by atoms with Crippen LogP contribution in [0, 0.1) is 18.8 Å². The molecule has 2 atom stereocenters. The number of nitrogens with zero attached hydrogens (tertiary/aromatic N) is 5. The van der Waals surface area contributed by atoms with Gasteiger partial charge in [0.1, 0.15) is 11.6 Å². The van der Waals surface area contributed by atoms with E-state index in [-0.39, 0.29) is 0 Å². The van der Waals surface area contributed by atoms with Crippen molar-refractivity contribution >= 4 is 16.0 Å². The minimum absolute atomic E-state index is 0.416. The Labute approximate surface area is 155 Å². The minimum Gasteiger partial charge on any atom is -0.356 e. The van der Waals surface area contributed by atoms with Gasteiger partial charge in [0.15, 0.2) is 0 Å². The lowest BCUT2D eigenvalue weighted by Gasteiger charge is -2.26. The highest BCUT2D eigenvalue weighted by molar-refractivity contribution is 7.86. The van der Waals surface area contributed by atoms with E-state index < -0.39 is 10.2 Å². The van der Waals surface area contributed by atoms with Gasteiger partial charge >= 0.3 is 0 Å². The zero-order valence-corrected chi connectivity index (χ0v) is 16.2. The molecule has 3 fully saturated rings. The summed E-state index contributed by atoms with van der Waals surface area (Å²) in [7, 11) is -3.26. The van der Waals surface area contributed by atoms with Crippen LogP contribution in [0.25, 0.3) is 0 Å². The maximum absolute atomic E-state index is 12.8. The molecule has 1 aromatic rings. The predicted molar refractivity (Wildman–Crippen MR) is 99.3 cm³/mol. The smallest absolute Gasteiger partial charge is 0.281 e. The van der Waals surface area contributed by atoms with Gasteiger partial charge in [-0.2, -0.15) is 17.0 Å². The van der Waals surface area contributed by atoms with Crippen LogP contribution in [-0.2, 0) is 23.1 Å². The monoisotopic (exact) mass is 377 g/mol. The second kappa shape index (κ2) is 6.14. The summed E-state index contributed by atoms with van der Waals surface area (Å²) in [6, 6.07) is 0. The van der Waals surface area contributed by atoms with Gasteiger partial charge in [-0.3, -0.25) is 0 Å². The van der Waals surface area contributed by atoms with Crippen molar-refractivity contribution < 1.29 is 8.42 Å². The molecule has 26 heavy (non-hydrogen) atoms. The summed E-state index contributed by atoms with van der Waals surface area (Å²) in [4.78, 5) is 11.8. The molecule has 0 radical (unpaired) electrons. The molecular weight excluding hydrogens is 350 g/mol. The summed E-state index contributed by atoms with van der Waals surface area (Å²) in [5.74, 6) is 2.81. The van der Waals surface area contributed by atoms with E-state index in [1.165, 1.54) is 17.7 Å². The van der Waals surface area contributed by atoms with Crippen LogP contribution in [-0.4, -0.2) is 66.3 Å². The Hall–Kier alpha value is -1.25. The van der Waals surface area contributed by atoms with Crippen molar-refractivity contribution in [2.24, 2.45) is 11.8 Å². The molecule has 0 saturated carbocycles. The van der Waals surface area contributed by atoms with Crippen LogP contribution in [0.5, 0.6) is 0 Å². The molecule has 0 aromatic carbocycles. The molecule has 1 aromatic heterocycles. The second-order valence-electron chi connectivity index (χ2n) is 8.23. The first-order valence-electron chi connectivity index (χ1n) is 9.89. The summed E-state index contributed by atoms with van der Waals surface area (Å²) in [5.41, 5.74) is 2.56. The van der Waals surface area contributed by atoms with Crippen LogP contribution in [0.3, 0.4) is 0 Å². The molecule has 4 heterocycles. The van der Waals surface area contributed by atoms with Crippen molar-refractivity contribution in [1.82, 2.24) is 18.6 Å². The van der Waals surface area contributed by atoms with Crippen molar-refractivity contribution in [1.29, 1.82) is 0 Å².